The topological polar surface area (TPSA) is 42.8 Å². The smallest absolute Gasteiger partial charge is 0.175 e. The van der Waals surface area contributed by atoms with E-state index in [0.717, 1.165) is 32.0 Å². The summed E-state index contributed by atoms with van der Waals surface area (Å²) in [5.41, 5.74) is 6.57. The third-order valence-corrected chi connectivity index (χ3v) is 7.17. The Morgan fingerprint density at radius 3 is 2.58 bits per heavy atom. The summed E-state index contributed by atoms with van der Waals surface area (Å²) >= 11 is 5.41. The highest BCUT2D eigenvalue weighted by molar-refractivity contribution is 9.10. The molecule has 6 heteroatoms. The fourth-order valence-corrected chi connectivity index (χ4v) is 5.40. The van der Waals surface area contributed by atoms with Gasteiger partial charge >= 0.3 is 0 Å². The second-order valence-corrected chi connectivity index (χ2v) is 9.55. The Morgan fingerprint density at radius 2 is 1.73 bits per heavy atom. The monoisotopic (exact) mass is 518 g/mol. The van der Waals surface area contributed by atoms with Crippen LogP contribution in [0.3, 0.4) is 0 Å². The second kappa shape index (κ2) is 9.89. The van der Waals surface area contributed by atoms with E-state index in [2.05, 4.69) is 87.1 Å². The van der Waals surface area contributed by atoms with Gasteiger partial charge in [0, 0.05) is 5.56 Å². The first-order valence-corrected chi connectivity index (χ1v) is 12.5. The molecule has 5 rings (SSSR count). The second-order valence-electron chi connectivity index (χ2n) is 7.60. The fourth-order valence-electron chi connectivity index (χ4n) is 3.85. The summed E-state index contributed by atoms with van der Waals surface area (Å²) in [4.78, 5) is 0. The minimum Gasteiger partial charge on any atom is -0.490 e. The Morgan fingerprint density at radius 1 is 0.939 bits per heavy atom. The zero-order chi connectivity index (χ0) is 22.6. The highest BCUT2D eigenvalue weighted by Crippen LogP contribution is 2.43. The maximum Gasteiger partial charge on any atom is 0.175 e. The zero-order valence-electron chi connectivity index (χ0n) is 18.1. The first-order chi connectivity index (χ1) is 16.2. The Balaban J connectivity index is 1.38. The minimum atomic E-state index is 0.00262. The Hall–Kier alpha value is -2.96. The molecular weight excluding hydrogens is 496 g/mol. The SMILES string of the molecule is CCOc1cc([C@H]2NN=C(c3ccccc3)S2)cc(Br)c1OCc1cccc2ccccc12. The van der Waals surface area contributed by atoms with Crippen LogP contribution < -0.4 is 14.9 Å². The zero-order valence-corrected chi connectivity index (χ0v) is 20.5. The maximum atomic E-state index is 6.30. The van der Waals surface area contributed by atoms with Gasteiger partial charge in [0.05, 0.1) is 11.1 Å². The summed E-state index contributed by atoms with van der Waals surface area (Å²) < 4.78 is 13.1. The first-order valence-electron chi connectivity index (χ1n) is 10.8. The lowest BCUT2D eigenvalue weighted by Gasteiger charge is -2.18. The van der Waals surface area contributed by atoms with Crippen molar-refractivity contribution in [1.29, 1.82) is 0 Å². The van der Waals surface area contributed by atoms with Gasteiger partial charge in [0.15, 0.2) is 11.5 Å². The molecule has 0 radical (unpaired) electrons. The van der Waals surface area contributed by atoms with Crippen LogP contribution in [0.25, 0.3) is 10.8 Å². The molecule has 0 aromatic heterocycles. The maximum absolute atomic E-state index is 6.30. The molecule has 1 heterocycles. The molecule has 0 bridgehead atoms. The lowest BCUT2D eigenvalue weighted by atomic mass is 10.1. The van der Waals surface area contributed by atoms with E-state index in [-0.39, 0.29) is 5.37 Å². The van der Waals surface area contributed by atoms with E-state index >= 15 is 0 Å². The third kappa shape index (κ3) is 4.72. The van der Waals surface area contributed by atoms with Crippen molar-refractivity contribution in [2.24, 2.45) is 5.10 Å². The molecule has 0 saturated heterocycles. The van der Waals surface area contributed by atoms with Gasteiger partial charge in [-0.1, -0.05) is 84.6 Å². The summed E-state index contributed by atoms with van der Waals surface area (Å²) in [7, 11) is 0. The molecule has 1 aliphatic rings. The van der Waals surface area contributed by atoms with Crippen molar-refractivity contribution < 1.29 is 9.47 Å². The summed E-state index contributed by atoms with van der Waals surface area (Å²) in [5.74, 6) is 1.43. The summed E-state index contributed by atoms with van der Waals surface area (Å²) in [6, 6.07) is 29.0. The standard InChI is InChI=1S/C27H23BrN2O2S/c1-2-31-24-16-21(27-30-29-26(33-27)19-10-4-3-5-11-19)15-23(28)25(24)32-17-20-13-8-12-18-9-6-7-14-22(18)20/h3-16,27,30H,2,17H2,1H3/t27-/m0/s1. The van der Waals surface area contributed by atoms with Crippen molar-refractivity contribution in [3.05, 3.63) is 106 Å². The van der Waals surface area contributed by atoms with Gasteiger partial charge in [-0.3, -0.25) is 5.43 Å². The van der Waals surface area contributed by atoms with Gasteiger partial charge < -0.3 is 9.47 Å². The van der Waals surface area contributed by atoms with Crippen LogP contribution in [0, 0.1) is 0 Å². The molecule has 0 amide bonds. The van der Waals surface area contributed by atoms with Crippen molar-refractivity contribution in [1.82, 2.24) is 5.43 Å². The molecule has 1 N–H and O–H groups in total. The van der Waals surface area contributed by atoms with Gasteiger partial charge in [-0.05, 0) is 56.9 Å². The quantitative estimate of drug-likeness (QED) is 0.279. The largest absolute Gasteiger partial charge is 0.490 e. The predicted molar refractivity (Wildman–Crippen MR) is 140 cm³/mol. The number of halogens is 1. The van der Waals surface area contributed by atoms with E-state index in [4.69, 9.17) is 9.47 Å². The number of fused-ring (bicyclic) bond motifs is 1. The molecule has 4 nitrogen and oxygen atoms in total. The van der Waals surface area contributed by atoms with Gasteiger partial charge in [-0.25, -0.2) is 0 Å². The number of nitrogens with zero attached hydrogens (tertiary/aromatic N) is 1. The van der Waals surface area contributed by atoms with Crippen molar-refractivity contribution >= 4 is 43.5 Å². The molecule has 0 unspecified atom stereocenters. The average Bonchev–Trinajstić information content (AvgIpc) is 3.35. The van der Waals surface area contributed by atoms with Crippen molar-refractivity contribution in [3.63, 3.8) is 0 Å². The molecule has 1 atom stereocenters. The lowest BCUT2D eigenvalue weighted by Crippen LogP contribution is -2.08. The van der Waals surface area contributed by atoms with E-state index in [0.29, 0.717) is 19.0 Å². The number of ether oxygens (including phenoxy) is 2. The Labute approximate surface area is 206 Å². The molecule has 4 aromatic carbocycles. The highest BCUT2D eigenvalue weighted by atomic mass is 79.9. The van der Waals surface area contributed by atoms with Crippen molar-refractivity contribution in [2.75, 3.05) is 6.61 Å². The highest BCUT2D eigenvalue weighted by Gasteiger charge is 2.24. The van der Waals surface area contributed by atoms with Crippen LogP contribution in [-0.4, -0.2) is 11.7 Å². The Bertz CT molecular complexity index is 1310. The van der Waals surface area contributed by atoms with Crippen LogP contribution in [-0.2, 0) is 6.61 Å². The number of benzene rings is 4. The molecule has 0 fully saturated rings. The number of hydrogen-bond donors (Lipinski definition) is 1. The van der Waals surface area contributed by atoms with E-state index in [1.165, 1.54) is 10.8 Å². The molecule has 166 valence electrons. The predicted octanol–water partition coefficient (Wildman–Crippen LogP) is 7.28. The van der Waals surface area contributed by atoms with Crippen LogP contribution in [0.4, 0.5) is 0 Å². The van der Waals surface area contributed by atoms with Gasteiger partial charge in [-0.15, -0.1) is 0 Å². The summed E-state index contributed by atoms with van der Waals surface area (Å²) in [6.45, 7) is 2.99. The molecule has 0 saturated carbocycles. The van der Waals surface area contributed by atoms with Crippen molar-refractivity contribution in [2.45, 2.75) is 18.9 Å². The fraction of sp³-hybridized carbons (Fsp3) is 0.148. The summed E-state index contributed by atoms with van der Waals surface area (Å²) in [6.07, 6.45) is 0. The van der Waals surface area contributed by atoms with Crippen molar-refractivity contribution in [3.8, 4) is 11.5 Å². The summed E-state index contributed by atoms with van der Waals surface area (Å²) in [5, 5.41) is 7.92. The van der Waals surface area contributed by atoms with Crippen LogP contribution in [0.2, 0.25) is 0 Å². The van der Waals surface area contributed by atoms with Gasteiger partial charge in [0.25, 0.3) is 0 Å². The van der Waals surface area contributed by atoms with Crippen LogP contribution in [0.5, 0.6) is 11.5 Å². The number of hydrazone groups is 1. The number of hydrogen-bond acceptors (Lipinski definition) is 5. The Kier molecular flexibility index (Phi) is 6.55. The molecule has 4 aromatic rings. The minimum absolute atomic E-state index is 0.00262. The van der Waals surface area contributed by atoms with Gasteiger partial charge in [-0.2, -0.15) is 5.10 Å². The van der Waals surface area contributed by atoms with Gasteiger partial charge in [0.2, 0.25) is 0 Å². The van der Waals surface area contributed by atoms with Crippen LogP contribution >= 0.6 is 27.7 Å². The third-order valence-electron chi connectivity index (χ3n) is 5.42. The van der Waals surface area contributed by atoms with E-state index in [1.807, 2.05) is 31.2 Å². The van der Waals surface area contributed by atoms with Crippen LogP contribution in [0.1, 0.15) is 29.0 Å². The number of nitrogens with one attached hydrogen (secondary N) is 1. The van der Waals surface area contributed by atoms with E-state index < -0.39 is 0 Å². The normalized spacial score (nSPS) is 15.2. The van der Waals surface area contributed by atoms with Gasteiger partial charge in [0.1, 0.15) is 17.0 Å². The number of rotatable bonds is 7. The lowest BCUT2D eigenvalue weighted by molar-refractivity contribution is 0.268. The molecule has 0 spiro atoms. The molecular formula is C27H23BrN2O2S. The molecule has 1 aliphatic heterocycles. The first kappa shape index (κ1) is 21.9. The average molecular weight is 519 g/mol. The van der Waals surface area contributed by atoms with E-state index in [9.17, 15) is 0 Å². The molecule has 33 heavy (non-hydrogen) atoms. The van der Waals surface area contributed by atoms with E-state index in [1.54, 1.807) is 11.8 Å². The number of thioether (sulfide) groups is 1. The molecule has 0 aliphatic carbocycles. The van der Waals surface area contributed by atoms with Crippen LogP contribution in [0.15, 0.2) is 94.5 Å².